The smallest absolute Gasteiger partial charge is 0.310 e. The number of hydrogen-bond donors (Lipinski definition) is 0. The SMILES string of the molecule is CCOC(=O)C1C2c3cccc4cccc(c34)C12. The second-order valence-electron chi connectivity index (χ2n) is 5.12. The van der Waals surface area contributed by atoms with Crippen molar-refractivity contribution in [2.24, 2.45) is 5.92 Å². The van der Waals surface area contributed by atoms with E-state index in [-0.39, 0.29) is 11.9 Å². The molecule has 4 rings (SSSR count). The van der Waals surface area contributed by atoms with Crippen LogP contribution in [0.4, 0.5) is 0 Å². The van der Waals surface area contributed by atoms with Crippen molar-refractivity contribution in [3.8, 4) is 0 Å². The Hall–Kier alpha value is -1.83. The number of fused-ring (bicyclic) bond motifs is 3. The fourth-order valence-electron chi connectivity index (χ4n) is 3.57. The van der Waals surface area contributed by atoms with Crippen molar-refractivity contribution in [2.75, 3.05) is 6.61 Å². The van der Waals surface area contributed by atoms with E-state index in [2.05, 4.69) is 36.4 Å². The van der Waals surface area contributed by atoms with Crippen LogP contribution in [0.5, 0.6) is 0 Å². The maximum absolute atomic E-state index is 11.9. The molecule has 2 atom stereocenters. The Morgan fingerprint density at radius 3 is 2.28 bits per heavy atom. The van der Waals surface area contributed by atoms with E-state index >= 15 is 0 Å². The lowest BCUT2D eigenvalue weighted by Gasteiger charge is -2.08. The van der Waals surface area contributed by atoms with Crippen molar-refractivity contribution in [3.05, 3.63) is 47.5 Å². The molecule has 0 N–H and O–H groups in total. The quantitative estimate of drug-likeness (QED) is 0.751. The average molecular weight is 238 g/mol. The highest BCUT2D eigenvalue weighted by Gasteiger charge is 2.61. The second kappa shape index (κ2) is 3.35. The fourth-order valence-corrected chi connectivity index (χ4v) is 3.57. The van der Waals surface area contributed by atoms with Crippen LogP contribution in [-0.2, 0) is 9.53 Å². The van der Waals surface area contributed by atoms with Crippen molar-refractivity contribution in [1.29, 1.82) is 0 Å². The number of benzene rings is 2. The van der Waals surface area contributed by atoms with Crippen LogP contribution in [-0.4, -0.2) is 12.6 Å². The third-order valence-electron chi connectivity index (χ3n) is 4.27. The highest BCUT2D eigenvalue weighted by atomic mass is 16.5. The summed E-state index contributed by atoms with van der Waals surface area (Å²) < 4.78 is 5.17. The van der Waals surface area contributed by atoms with Gasteiger partial charge in [0.2, 0.25) is 0 Å². The van der Waals surface area contributed by atoms with Gasteiger partial charge in [-0.1, -0.05) is 36.4 Å². The van der Waals surface area contributed by atoms with Crippen LogP contribution in [0.3, 0.4) is 0 Å². The lowest BCUT2D eigenvalue weighted by Crippen LogP contribution is -2.09. The van der Waals surface area contributed by atoms with Crippen LogP contribution in [0.15, 0.2) is 36.4 Å². The van der Waals surface area contributed by atoms with Crippen molar-refractivity contribution in [3.63, 3.8) is 0 Å². The molecule has 0 aromatic heterocycles. The molecule has 0 heterocycles. The van der Waals surface area contributed by atoms with Gasteiger partial charge in [-0.15, -0.1) is 0 Å². The van der Waals surface area contributed by atoms with Crippen LogP contribution in [0, 0.1) is 5.92 Å². The summed E-state index contributed by atoms with van der Waals surface area (Å²) in [4.78, 5) is 11.9. The van der Waals surface area contributed by atoms with Gasteiger partial charge in [0.1, 0.15) is 0 Å². The van der Waals surface area contributed by atoms with Crippen molar-refractivity contribution < 1.29 is 9.53 Å². The van der Waals surface area contributed by atoms with Crippen molar-refractivity contribution >= 4 is 16.7 Å². The lowest BCUT2D eigenvalue weighted by atomic mass is 9.98. The molecule has 2 unspecified atom stereocenters. The molecule has 18 heavy (non-hydrogen) atoms. The van der Waals surface area contributed by atoms with E-state index in [1.807, 2.05) is 6.92 Å². The first-order chi connectivity index (χ1) is 8.83. The second-order valence-corrected chi connectivity index (χ2v) is 5.12. The first kappa shape index (κ1) is 10.1. The minimum absolute atomic E-state index is 0.0287. The first-order valence-electron chi connectivity index (χ1n) is 6.51. The number of hydrogen-bond acceptors (Lipinski definition) is 2. The van der Waals surface area contributed by atoms with Gasteiger partial charge < -0.3 is 4.74 Å². The van der Waals surface area contributed by atoms with Gasteiger partial charge in [-0.05, 0) is 28.8 Å². The Morgan fingerprint density at radius 2 is 1.72 bits per heavy atom. The molecule has 0 spiro atoms. The molecule has 0 saturated heterocycles. The minimum Gasteiger partial charge on any atom is -0.466 e. The molecule has 2 aromatic rings. The van der Waals surface area contributed by atoms with Gasteiger partial charge in [0.25, 0.3) is 0 Å². The summed E-state index contributed by atoms with van der Waals surface area (Å²) in [5.74, 6) is 0.764. The zero-order valence-electron chi connectivity index (χ0n) is 10.2. The van der Waals surface area contributed by atoms with Gasteiger partial charge in [0.05, 0.1) is 12.5 Å². The minimum atomic E-state index is -0.0287. The maximum Gasteiger partial charge on any atom is 0.310 e. The first-order valence-corrected chi connectivity index (χ1v) is 6.51. The molecule has 2 aliphatic carbocycles. The summed E-state index contributed by atoms with van der Waals surface area (Å²) in [6.07, 6.45) is 0. The van der Waals surface area contributed by atoms with Gasteiger partial charge in [-0.25, -0.2) is 0 Å². The summed E-state index contributed by atoms with van der Waals surface area (Å²) in [7, 11) is 0. The molecule has 1 fully saturated rings. The van der Waals surface area contributed by atoms with Gasteiger partial charge in [-0.2, -0.15) is 0 Å². The van der Waals surface area contributed by atoms with Crippen LogP contribution in [0.2, 0.25) is 0 Å². The topological polar surface area (TPSA) is 26.3 Å². The molecule has 2 heteroatoms. The van der Waals surface area contributed by atoms with Crippen LogP contribution in [0.1, 0.15) is 29.9 Å². The maximum atomic E-state index is 11.9. The van der Waals surface area contributed by atoms with E-state index in [1.54, 1.807) is 0 Å². The van der Waals surface area contributed by atoms with Crippen LogP contribution in [0.25, 0.3) is 10.8 Å². The van der Waals surface area contributed by atoms with Gasteiger partial charge >= 0.3 is 5.97 Å². The van der Waals surface area contributed by atoms with Gasteiger partial charge in [0.15, 0.2) is 0 Å². The largest absolute Gasteiger partial charge is 0.466 e. The summed E-state index contributed by atoms with van der Waals surface area (Å²) in [6.45, 7) is 2.34. The molecular formula is C16H14O2. The number of carbonyl (C=O) groups is 1. The normalized spacial score (nSPS) is 27.1. The predicted octanol–water partition coefficient (Wildman–Crippen LogP) is 3.21. The number of ether oxygens (including phenoxy) is 1. The molecule has 0 aliphatic heterocycles. The fraction of sp³-hybridized carbons (Fsp3) is 0.312. The van der Waals surface area contributed by atoms with E-state index in [9.17, 15) is 4.79 Å². The average Bonchev–Trinajstić information content (AvgIpc) is 3.05. The molecule has 0 amide bonds. The Labute approximate surface area is 106 Å². The number of carbonyl (C=O) groups excluding carboxylic acids is 1. The third kappa shape index (κ3) is 1.10. The molecule has 2 aromatic carbocycles. The highest BCUT2D eigenvalue weighted by Crippen LogP contribution is 2.67. The summed E-state index contributed by atoms with van der Waals surface area (Å²) in [6, 6.07) is 12.8. The number of esters is 1. The summed E-state index contributed by atoms with van der Waals surface area (Å²) >= 11 is 0. The van der Waals surface area contributed by atoms with Gasteiger partial charge in [0, 0.05) is 11.8 Å². The Bertz CT molecular complexity index is 614. The van der Waals surface area contributed by atoms with Crippen molar-refractivity contribution in [2.45, 2.75) is 18.8 Å². The van der Waals surface area contributed by atoms with E-state index in [4.69, 9.17) is 4.74 Å². The molecule has 0 radical (unpaired) electrons. The van der Waals surface area contributed by atoms with Gasteiger partial charge in [-0.3, -0.25) is 4.79 Å². The van der Waals surface area contributed by atoms with E-state index in [1.165, 1.54) is 21.9 Å². The van der Waals surface area contributed by atoms with Crippen molar-refractivity contribution in [1.82, 2.24) is 0 Å². The standard InChI is InChI=1S/C16H14O2/c1-2-18-16(17)15-13-10-7-3-5-9-6-4-8-11(12(9)10)14(13)15/h3-8,13-15H,2H2,1H3. The Morgan fingerprint density at radius 1 is 1.11 bits per heavy atom. The summed E-state index contributed by atoms with van der Waals surface area (Å²) in [5.41, 5.74) is 2.68. The zero-order chi connectivity index (χ0) is 12.3. The predicted molar refractivity (Wildman–Crippen MR) is 69.6 cm³/mol. The number of rotatable bonds is 2. The molecule has 1 saturated carbocycles. The van der Waals surface area contributed by atoms with E-state index < -0.39 is 0 Å². The Balaban J connectivity index is 1.82. The zero-order valence-corrected chi connectivity index (χ0v) is 10.2. The van der Waals surface area contributed by atoms with E-state index in [0.717, 1.165) is 0 Å². The third-order valence-corrected chi connectivity index (χ3v) is 4.27. The highest BCUT2D eigenvalue weighted by molar-refractivity contribution is 5.97. The molecule has 2 aliphatic rings. The van der Waals surface area contributed by atoms with Crippen LogP contribution < -0.4 is 0 Å². The summed E-state index contributed by atoms with van der Waals surface area (Å²) in [5, 5.41) is 2.66. The lowest BCUT2D eigenvalue weighted by molar-refractivity contribution is -0.144. The molecule has 2 nitrogen and oxygen atoms in total. The van der Waals surface area contributed by atoms with Crippen LogP contribution >= 0.6 is 0 Å². The molecular weight excluding hydrogens is 224 g/mol. The Kier molecular flexibility index (Phi) is 1.88. The molecule has 0 bridgehead atoms. The monoisotopic (exact) mass is 238 g/mol. The molecule has 90 valence electrons. The van der Waals surface area contributed by atoms with E-state index in [0.29, 0.717) is 18.4 Å².